The molecule has 1 saturated heterocycles. The number of nitrogens with zero attached hydrogens (tertiary/aromatic N) is 2. The molecule has 1 aromatic rings. The third kappa shape index (κ3) is 5.63. The molecule has 0 unspecified atom stereocenters. The molecular formula is C18H26BrIN4O3. The number of ether oxygens (including phenoxy) is 2. The maximum Gasteiger partial charge on any atom is 0.231 e. The summed E-state index contributed by atoms with van der Waals surface area (Å²) in [4.78, 5) is 18.2. The lowest BCUT2D eigenvalue weighted by Gasteiger charge is -2.34. The van der Waals surface area contributed by atoms with Crippen LogP contribution in [0.15, 0.2) is 21.6 Å². The number of amides is 1. The van der Waals surface area contributed by atoms with Crippen molar-refractivity contribution in [3.63, 3.8) is 0 Å². The van der Waals surface area contributed by atoms with Gasteiger partial charge in [0.1, 0.15) is 0 Å². The number of rotatable bonds is 4. The Hall–Kier alpha value is -1.23. The molecule has 0 radical (unpaired) electrons. The van der Waals surface area contributed by atoms with Gasteiger partial charge in [0, 0.05) is 40.2 Å². The molecule has 2 heterocycles. The lowest BCUT2D eigenvalue weighted by molar-refractivity contribution is -0.121. The third-order valence-electron chi connectivity index (χ3n) is 4.82. The summed E-state index contributed by atoms with van der Waals surface area (Å²) >= 11 is 3.52. The highest BCUT2D eigenvalue weighted by Gasteiger charge is 2.23. The van der Waals surface area contributed by atoms with Crippen LogP contribution in [0.4, 0.5) is 0 Å². The number of carbonyl (C=O) groups is 1. The molecule has 150 valence electrons. The standard InChI is InChI=1S/C18H25BrN4O3.HI/c1-20-16(24)9-12-3-5-23(6-4-12)18(21-2)22-10-13-7-14(19)17-15(8-13)25-11-26-17;/h7-8,12H,3-6,9-11H2,1-2H3,(H,20,24)(H,21,22);1H. The van der Waals surface area contributed by atoms with Gasteiger partial charge in [0.15, 0.2) is 17.5 Å². The van der Waals surface area contributed by atoms with E-state index in [1.54, 1.807) is 14.1 Å². The van der Waals surface area contributed by atoms with Crippen LogP contribution in [0.5, 0.6) is 11.5 Å². The number of halogens is 2. The Morgan fingerprint density at radius 3 is 2.74 bits per heavy atom. The molecule has 0 aliphatic carbocycles. The van der Waals surface area contributed by atoms with Gasteiger partial charge >= 0.3 is 0 Å². The Bertz CT molecular complexity index is 693. The summed E-state index contributed by atoms with van der Waals surface area (Å²) < 4.78 is 11.8. The third-order valence-corrected chi connectivity index (χ3v) is 5.41. The van der Waals surface area contributed by atoms with Crippen LogP contribution in [0.25, 0.3) is 0 Å². The highest BCUT2D eigenvalue weighted by atomic mass is 127. The first kappa shape index (κ1) is 22.1. The van der Waals surface area contributed by atoms with Crippen LogP contribution >= 0.6 is 39.9 Å². The molecule has 2 aliphatic heterocycles. The zero-order chi connectivity index (χ0) is 18.5. The molecule has 2 N–H and O–H groups in total. The number of piperidine rings is 1. The molecule has 1 aromatic carbocycles. The Morgan fingerprint density at radius 1 is 1.33 bits per heavy atom. The molecular weight excluding hydrogens is 527 g/mol. The van der Waals surface area contributed by atoms with E-state index in [9.17, 15) is 4.79 Å². The number of carbonyl (C=O) groups excluding carboxylic acids is 1. The summed E-state index contributed by atoms with van der Waals surface area (Å²) in [6.45, 7) is 2.73. The highest BCUT2D eigenvalue weighted by Crippen LogP contribution is 2.39. The van der Waals surface area contributed by atoms with Crippen LogP contribution in [0.2, 0.25) is 0 Å². The van der Waals surface area contributed by atoms with Crippen LogP contribution in [0, 0.1) is 5.92 Å². The van der Waals surface area contributed by atoms with Crippen molar-refractivity contribution < 1.29 is 14.3 Å². The lowest BCUT2D eigenvalue weighted by atomic mass is 9.93. The summed E-state index contributed by atoms with van der Waals surface area (Å²) in [5.41, 5.74) is 1.09. The molecule has 27 heavy (non-hydrogen) atoms. The summed E-state index contributed by atoms with van der Waals surface area (Å²) in [6.07, 6.45) is 2.62. The van der Waals surface area contributed by atoms with Crippen LogP contribution in [0.1, 0.15) is 24.8 Å². The van der Waals surface area contributed by atoms with E-state index in [0.717, 1.165) is 53.4 Å². The summed E-state index contributed by atoms with van der Waals surface area (Å²) in [7, 11) is 3.49. The molecule has 3 rings (SSSR count). The first-order valence-corrected chi connectivity index (χ1v) is 9.64. The van der Waals surface area contributed by atoms with Crippen LogP contribution in [-0.2, 0) is 11.3 Å². The maximum absolute atomic E-state index is 11.5. The average Bonchev–Trinajstić information content (AvgIpc) is 3.12. The van der Waals surface area contributed by atoms with Crippen molar-refractivity contribution in [2.45, 2.75) is 25.8 Å². The van der Waals surface area contributed by atoms with Gasteiger partial charge in [-0.1, -0.05) is 0 Å². The molecule has 0 aromatic heterocycles. The van der Waals surface area contributed by atoms with Crippen molar-refractivity contribution >= 4 is 51.8 Å². The first-order valence-electron chi connectivity index (χ1n) is 8.85. The summed E-state index contributed by atoms with van der Waals surface area (Å²) in [5.74, 6) is 2.99. The molecule has 0 atom stereocenters. The van der Waals surface area contributed by atoms with E-state index < -0.39 is 0 Å². The first-order chi connectivity index (χ1) is 12.6. The molecule has 1 fully saturated rings. The maximum atomic E-state index is 11.5. The van der Waals surface area contributed by atoms with E-state index in [1.165, 1.54) is 0 Å². The molecule has 0 spiro atoms. The number of guanidine groups is 1. The van der Waals surface area contributed by atoms with Crippen molar-refractivity contribution in [1.29, 1.82) is 0 Å². The van der Waals surface area contributed by atoms with Crippen molar-refractivity contribution in [2.24, 2.45) is 10.9 Å². The minimum atomic E-state index is 0. The molecule has 1 amide bonds. The van der Waals surface area contributed by atoms with Gasteiger partial charge in [-0.15, -0.1) is 24.0 Å². The van der Waals surface area contributed by atoms with Gasteiger partial charge in [-0.3, -0.25) is 9.79 Å². The summed E-state index contributed by atoms with van der Waals surface area (Å²) in [6, 6.07) is 4.02. The van der Waals surface area contributed by atoms with Gasteiger partial charge in [-0.05, 0) is 52.4 Å². The number of hydrogen-bond acceptors (Lipinski definition) is 4. The van der Waals surface area contributed by atoms with E-state index in [0.29, 0.717) is 18.9 Å². The monoisotopic (exact) mass is 552 g/mol. The summed E-state index contributed by atoms with van der Waals surface area (Å²) in [5, 5.41) is 6.13. The Morgan fingerprint density at radius 2 is 2.07 bits per heavy atom. The van der Waals surface area contributed by atoms with Gasteiger partial charge in [-0.25, -0.2) is 0 Å². The predicted molar refractivity (Wildman–Crippen MR) is 119 cm³/mol. The average molecular weight is 553 g/mol. The van der Waals surface area contributed by atoms with Crippen molar-refractivity contribution in [3.05, 3.63) is 22.2 Å². The topological polar surface area (TPSA) is 75.2 Å². The fourth-order valence-electron chi connectivity index (χ4n) is 3.35. The second-order valence-electron chi connectivity index (χ2n) is 6.52. The van der Waals surface area contributed by atoms with Crippen molar-refractivity contribution in [1.82, 2.24) is 15.5 Å². The Balaban J connectivity index is 0.00000261. The van der Waals surface area contributed by atoms with Crippen molar-refractivity contribution in [3.8, 4) is 11.5 Å². The van der Waals surface area contributed by atoms with Gasteiger partial charge in [0.05, 0.1) is 4.47 Å². The van der Waals surface area contributed by atoms with Gasteiger partial charge in [-0.2, -0.15) is 0 Å². The molecule has 0 bridgehead atoms. The molecule has 2 aliphatic rings. The van der Waals surface area contributed by atoms with E-state index in [4.69, 9.17) is 9.47 Å². The highest BCUT2D eigenvalue weighted by molar-refractivity contribution is 14.0. The number of nitrogens with one attached hydrogen (secondary N) is 2. The second-order valence-corrected chi connectivity index (χ2v) is 7.37. The Labute approximate surface area is 185 Å². The van der Waals surface area contributed by atoms with E-state index in [-0.39, 0.29) is 36.7 Å². The minimum absolute atomic E-state index is 0. The zero-order valence-electron chi connectivity index (χ0n) is 15.6. The largest absolute Gasteiger partial charge is 0.454 e. The fourth-order valence-corrected chi connectivity index (χ4v) is 3.95. The number of fused-ring (bicyclic) bond motifs is 1. The SMILES string of the molecule is CN=C(NCc1cc(Br)c2c(c1)OCO2)N1CCC(CC(=O)NC)CC1.I. The molecule has 7 nitrogen and oxygen atoms in total. The van der Waals surface area contributed by atoms with Crippen molar-refractivity contribution in [2.75, 3.05) is 34.0 Å². The number of benzene rings is 1. The smallest absolute Gasteiger partial charge is 0.231 e. The van der Waals surface area contributed by atoms with Gasteiger partial charge in [0.25, 0.3) is 0 Å². The number of hydrogen-bond donors (Lipinski definition) is 2. The number of aliphatic imine (C=N–C) groups is 1. The van der Waals surface area contributed by atoms with Crippen LogP contribution in [0.3, 0.4) is 0 Å². The normalized spacial score (nSPS) is 16.7. The molecule has 0 saturated carbocycles. The van der Waals surface area contributed by atoms with Crippen LogP contribution in [-0.4, -0.2) is 50.7 Å². The second kappa shape index (κ2) is 10.4. The van der Waals surface area contributed by atoms with Crippen LogP contribution < -0.4 is 20.1 Å². The fraction of sp³-hybridized carbons (Fsp3) is 0.556. The van der Waals surface area contributed by atoms with Gasteiger partial charge < -0.3 is 25.0 Å². The Kier molecular flexibility index (Phi) is 8.46. The lowest BCUT2D eigenvalue weighted by Crippen LogP contribution is -2.45. The quantitative estimate of drug-likeness (QED) is 0.341. The van der Waals surface area contributed by atoms with E-state index in [2.05, 4.69) is 36.5 Å². The predicted octanol–water partition coefficient (Wildman–Crippen LogP) is 2.72. The zero-order valence-corrected chi connectivity index (χ0v) is 19.5. The van der Waals surface area contributed by atoms with Gasteiger partial charge in [0.2, 0.25) is 12.7 Å². The van der Waals surface area contributed by atoms with E-state index >= 15 is 0 Å². The molecule has 9 heteroatoms. The minimum Gasteiger partial charge on any atom is -0.454 e. The number of likely N-dealkylation sites (tertiary alicyclic amines) is 1. The van der Waals surface area contributed by atoms with E-state index in [1.807, 2.05) is 12.1 Å².